The zero-order valence-electron chi connectivity index (χ0n) is 8.40. The minimum atomic E-state index is -0.474. The minimum absolute atomic E-state index is 0.0685. The lowest BCUT2D eigenvalue weighted by Crippen LogP contribution is -2.09. The van der Waals surface area contributed by atoms with Crippen molar-refractivity contribution < 1.29 is 9.13 Å². The summed E-state index contributed by atoms with van der Waals surface area (Å²) in [5, 5.41) is 0.300. The van der Waals surface area contributed by atoms with E-state index in [2.05, 4.69) is 0 Å². The average Bonchev–Trinajstić information content (AvgIpc) is 2.12. The van der Waals surface area contributed by atoms with E-state index >= 15 is 0 Å². The molecule has 4 heteroatoms. The molecule has 1 aromatic carbocycles. The van der Waals surface area contributed by atoms with E-state index in [1.54, 1.807) is 19.9 Å². The van der Waals surface area contributed by atoms with E-state index in [0.717, 1.165) is 5.56 Å². The zero-order valence-corrected chi connectivity index (χ0v) is 9.15. The first-order chi connectivity index (χ1) is 6.49. The molecule has 0 fully saturated rings. The Bertz CT molecular complexity index is 352. The molecule has 0 aromatic heterocycles. The number of hydrogen-bond acceptors (Lipinski definition) is 2. The van der Waals surface area contributed by atoms with E-state index in [-0.39, 0.29) is 11.8 Å². The van der Waals surface area contributed by atoms with Crippen molar-refractivity contribution >= 4 is 11.6 Å². The molecule has 0 heterocycles. The lowest BCUT2D eigenvalue weighted by atomic mass is 10.0. The van der Waals surface area contributed by atoms with Crippen molar-refractivity contribution in [3.05, 3.63) is 28.0 Å². The number of ether oxygens (including phenoxy) is 1. The first-order valence-electron chi connectivity index (χ1n) is 4.27. The molecule has 78 valence electrons. The van der Waals surface area contributed by atoms with Crippen molar-refractivity contribution in [2.75, 3.05) is 7.11 Å². The molecule has 0 saturated heterocycles. The van der Waals surface area contributed by atoms with Crippen molar-refractivity contribution in [3.63, 3.8) is 0 Å². The third-order valence-electron chi connectivity index (χ3n) is 2.07. The summed E-state index contributed by atoms with van der Waals surface area (Å²) in [6.45, 7) is 3.50. The van der Waals surface area contributed by atoms with Crippen LogP contribution in [0.25, 0.3) is 0 Å². The number of nitrogens with two attached hydrogens (primary N) is 1. The Morgan fingerprint density at radius 1 is 1.57 bits per heavy atom. The Hall–Kier alpha value is -0.800. The monoisotopic (exact) mass is 217 g/mol. The van der Waals surface area contributed by atoms with Crippen LogP contribution in [0.4, 0.5) is 4.39 Å². The highest BCUT2D eigenvalue weighted by atomic mass is 35.5. The highest BCUT2D eigenvalue weighted by molar-refractivity contribution is 6.32. The van der Waals surface area contributed by atoms with E-state index < -0.39 is 5.82 Å². The fourth-order valence-electron chi connectivity index (χ4n) is 1.28. The van der Waals surface area contributed by atoms with Crippen LogP contribution in [-0.4, -0.2) is 7.11 Å². The van der Waals surface area contributed by atoms with Gasteiger partial charge in [-0.1, -0.05) is 11.6 Å². The predicted octanol–water partition coefficient (Wildman–Crippen LogP) is 2.82. The quantitative estimate of drug-likeness (QED) is 0.827. The van der Waals surface area contributed by atoms with Gasteiger partial charge in [-0.15, -0.1) is 0 Å². The first kappa shape index (κ1) is 11.3. The van der Waals surface area contributed by atoms with Crippen LogP contribution in [0.2, 0.25) is 5.02 Å². The Morgan fingerprint density at radius 3 is 2.57 bits per heavy atom. The van der Waals surface area contributed by atoms with Crippen molar-refractivity contribution in [3.8, 4) is 5.75 Å². The van der Waals surface area contributed by atoms with E-state index in [9.17, 15) is 4.39 Å². The number of methoxy groups -OCH3 is 1. The van der Waals surface area contributed by atoms with E-state index in [4.69, 9.17) is 22.1 Å². The number of aryl methyl sites for hydroxylation is 1. The van der Waals surface area contributed by atoms with Gasteiger partial charge in [0.2, 0.25) is 0 Å². The second kappa shape index (κ2) is 4.15. The molecule has 1 atom stereocenters. The summed E-state index contributed by atoms with van der Waals surface area (Å²) in [5.74, 6) is -0.405. The molecule has 0 radical (unpaired) electrons. The van der Waals surface area contributed by atoms with Crippen LogP contribution in [0.1, 0.15) is 24.1 Å². The molecule has 0 spiro atoms. The molecule has 2 N–H and O–H groups in total. The Labute approximate surface area is 87.8 Å². The van der Waals surface area contributed by atoms with Gasteiger partial charge in [0.15, 0.2) is 11.6 Å². The summed E-state index contributed by atoms with van der Waals surface area (Å²) < 4.78 is 18.6. The second-order valence-electron chi connectivity index (χ2n) is 3.23. The maximum absolute atomic E-state index is 13.7. The third kappa shape index (κ3) is 1.83. The van der Waals surface area contributed by atoms with Crippen LogP contribution >= 0.6 is 11.6 Å². The Kier molecular flexibility index (Phi) is 3.34. The molecule has 0 aliphatic heterocycles. The minimum Gasteiger partial charge on any atom is -0.492 e. The van der Waals surface area contributed by atoms with Gasteiger partial charge < -0.3 is 10.5 Å². The van der Waals surface area contributed by atoms with Gasteiger partial charge in [0.1, 0.15) is 0 Å². The van der Waals surface area contributed by atoms with Crippen LogP contribution in [0.3, 0.4) is 0 Å². The summed E-state index contributed by atoms with van der Waals surface area (Å²) in [6, 6.07) is 1.27. The summed E-state index contributed by atoms with van der Waals surface area (Å²) in [4.78, 5) is 0. The third-order valence-corrected chi connectivity index (χ3v) is 2.53. The van der Waals surface area contributed by atoms with Crippen LogP contribution < -0.4 is 10.5 Å². The molecule has 14 heavy (non-hydrogen) atoms. The molecule has 1 unspecified atom stereocenters. The summed E-state index contributed by atoms with van der Waals surface area (Å²) in [7, 11) is 1.38. The maximum Gasteiger partial charge on any atom is 0.173 e. The summed E-state index contributed by atoms with van der Waals surface area (Å²) >= 11 is 5.87. The molecule has 0 aliphatic rings. The Balaban J connectivity index is 3.42. The van der Waals surface area contributed by atoms with Gasteiger partial charge >= 0.3 is 0 Å². The molecule has 0 saturated carbocycles. The zero-order chi connectivity index (χ0) is 10.9. The average molecular weight is 218 g/mol. The van der Waals surface area contributed by atoms with Crippen LogP contribution in [-0.2, 0) is 0 Å². The van der Waals surface area contributed by atoms with Gasteiger partial charge in [-0.25, -0.2) is 4.39 Å². The van der Waals surface area contributed by atoms with Crippen molar-refractivity contribution in [1.29, 1.82) is 0 Å². The molecule has 2 nitrogen and oxygen atoms in total. The molecule has 0 aliphatic carbocycles. The largest absolute Gasteiger partial charge is 0.492 e. The lowest BCUT2D eigenvalue weighted by Gasteiger charge is -2.13. The molecular weight excluding hydrogens is 205 g/mol. The van der Waals surface area contributed by atoms with Gasteiger partial charge in [0.05, 0.1) is 12.1 Å². The van der Waals surface area contributed by atoms with Crippen LogP contribution in [0.15, 0.2) is 6.07 Å². The molecule has 0 amide bonds. The maximum atomic E-state index is 13.7. The number of rotatable bonds is 2. The number of halogens is 2. The fraction of sp³-hybridized carbons (Fsp3) is 0.400. The van der Waals surface area contributed by atoms with E-state index in [1.165, 1.54) is 7.11 Å². The van der Waals surface area contributed by atoms with Crippen molar-refractivity contribution in [2.24, 2.45) is 5.73 Å². The first-order valence-corrected chi connectivity index (χ1v) is 4.65. The summed E-state index contributed by atoms with van der Waals surface area (Å²) in [6.07, 6.45) is 0. The summed E-state index contributed by atoms with van der Waals surface area (Å²) in [5.41, 5.74) is 6.80. The highest BCUT2D eigenvalue weighted by Gasteiger charge is 2.17. The lowest BCUT2D eigenvalue weighted by molar-refractivity contribution is 0.382. The highest BCUT2D eigenvalue weighted by Crippen LogP contribution is 2.34. The normalized spacial score (nSPS) is 12.7. The van der Waals surface area contributed by atoms with Gasteiger partial charge in [-0.05, 0) is 25.5 Å². The van der Waals surface area contributed by atoms with Gasteiger partial charge in [-0.3, -0.25) is 0 Å². The predicted molar refractivity (Wildman–Crippen MR) is 55.3 cm³/mol. The van der Waals surface area contributed by atoms with Crippen molar-refractivity contribution in [2.45, 2.75) is 19.9 Å². The number of benzene rings is 1. The SMILES string of the molecule is COc1c(F)c(C(C)N)cc(C)c1Cl. The van der Waals surface area contributed by atoms with Gasteiger partial charge in [0, 0.05) is 11.6 Å². The second-order valence-corrected chi connectivity index (χ2v) is 3.61. The van der Waals surface area contributed by atoms with E-state index in [0.29, 0.717) is 10.6 Å². The molecule has 1 aromatic rings. The van der Waals surface area contributed by atoms with Crippen LogP contribution in [0.5, 0.6) is 5.75 Å². The fourth-order valence-corrected chi connectivity index (χ4v) is 1.49. The molecular formula is C10H13ClFNO. The van der Waals surface area contributed by atoms with Gasteiger partial charge in [-0.2, -0.15) is 0 Å². The molecule has 1 rings (SSSR count). The molecule has 0 bridgehead atoms. The van der Waals surface area contributed by atoms with E-state index in [1.807, 2.05) is 0 Å². The Morgan fingerprint density at radius 2 is 2.14 bits per heavy atom. The van der Waals surface area contributed by atoms with Crippen molar-refractivity contribution in [1.82, 2.24) is 0 Å². The van der Waals surface area contributed by atoms with Crippen LogP contribution in [0, 0.1) is 12.7 Å². The topological polar surface area (TPSA) is 35.2 Å². The standard InChI is InChI=1S/C10H13ClFNO/c1-5-4-7(6(2)13)9(12)10(14-3)8(5)11/h4,6H,13H2,1-3H3. The van der Waals surface area contributed by atoms with Gasteiger partial charge in [0.25, 0.3) is 0 Å². The smallest absolute Gasteiger partial charge is 0.173 e. The number of hydrogen-bond donors (Lipinski definition) is 1.